The third kappa shape index (κ3) is 2.82. The van der Waals surface area contributed by atoms with E-state index in [-0.39, 0.29) is 11.8 Å². The smallest absolute Gasteiger partial charge is 0.188 e. The molecule has 0 bridgehead atoms. The standard InChI is InChI=1S/C20H17Cl2NO2/c1-24-18-4-2-3-13-12(18)6-7-14-15(10-19(23)25-20(13)14)11-5-8-16(21)17(22)9-11/h2-5,8-9,15,23H,6-7,10H2,1H3. The van der Waals surface area contributed by atoms with Crippen LogP contribution >= 0.6 is 23.2 Å². The molecule has 2 aromatic carbocycles. The van der Waals surface area contributed by atoms with Crippen LogP contribution in [0.2, 0.25) is 10.0 Å². The van der Waals surface area contributed by atoms with Crippen LogP contribution in [0.5, 0.6) is 5.75 Å². The number of hydrogen-bond donors (Lipinski definition) is 1. The van der Waals surface area contributed by atoms with Crippen LogP contribution in [0.4, 0.5) is 0 Å². The van der Waals surface area contributed by atoms with Crippen LogP contribution < -0.4 is 4.74 Å². The minimum absolute atomic E-state index is 0.0883. The molecule has 2 aromatic rings. The van der Waals surface area contributed by atoms with E-state index >= 15 is 0 Å². The Hall–Kier alpha value is -1.97. The SMILES string of the molecule is COc1cccc2c1CCC1=C2OC(=N)CC1c1ccc(Cl)c(Cl)c1. The molecule has 25 heavy (non-hydrogen) atoms. The Morgan fingerprint density at radius 1 is 1.12 bits per heavy atom. The highest BCUT2D eigenvalue weighted by Gasteiger charge is 2.34. The third-order valence-corrected chi connectivity index (χ3v) is 5.65. The van der Waals surface area contributed by atoms with E-state index in [1.54, 1.807) is 7.11 Å². The average molecular weight is 374 g/mol. The monoisotopic (exact) mass is 373 g/mol. The summed E-state index contributed by atoms with van der Waals surface area (Å²) in [5.74, 6) is 2.03. The second-order valence-corrected chi connectivity index (χ2v) is 7.11. The van der Waals surface area contributed by atoms with Gasteiger partial charge in [-0.05, 0) is 42.2 Å². The number of allylic oxidation sites excluding steroid dienone is 1. The van der Waals surface area contributed by atoms with Crippen LogP contribution in [-0.2, 0) is 11.2 Å². The largest absolute Gasteiger partial charge is 0.496 e. The molecule has 5 heteroatoms. The zero-order chi connectivity index (χ0) is 17.6. The molecule has 1 aliphatic heterocycles. The van der Waals surface area contributed by atoms with Crippen molar-refractivity contribution in [1.82, 2.24) is 0 Å². The second kappa shape index (κ2) is 6.40. The molecular weight excluding hydrogens is 357 g/mol. The normalized spacial score (nSPS) is 19.2. The number of fused-ring (bicyclic) bond motifs is 2. The molecule has 0 saturated carbocycles. The summed E-state index contributed by atoms with van der Waals surface area (Å²) in [6.45, 7) is 0. The highest BCUT2D eigenvalue weighted by Crippen LogP contribution is 2.47. The van der Waals surface area contributed by atoms with Gasteiger partial charge in [0, 0.05) is 23.5 Å². The predicted octanol–water partition coefficient (Wildman–Crippen LogP) is 5.84. The van der Waals surface area contributed by atoms with E-state index in [1.165, 1.54) is 5.57 Å². The quantitative estimate of drug-likeness (QED) is 0.718. The van der Waals surface area contributed by atoms with E-state index in [9.17, 15) is 0 Å². The summed E-state index contributed by atoms with van der Waals surface area (Å²) in [4.78, 5) is 0. The summed E-state index contributed by atoms with van der Waals surface area (Å²) >= 11 is 12.3. The van der Waals surface area contributed by atoms with Crippen LogP contribution in [0.3, 0.4) is 0 Å². The van der Waals surface area contributed by atoms with E-state index in [2.05, 4.69) is 0 Å². The van der Waals surface area contributed by atoms with E-state index in [1.807, 2.05) is 36.4 Å². The van der Waals surface area contributed by atoms with Gasteiger partial charge in [-0.25, -0.2) is 0 Å². The van der Waals surface area contributed by atoms with Crippen molar-refractivity contribution < 1.29 is 9.47 Å². The Kier molecular flexibility index (Phi) is 4.22. The third-order valence-electron chi connectivity index (χ3n) is 4.92. The van der Waals surface area contributed by atoms with Gasteiger partial charge in [0.2, 0.25) is 0 Å². The van der Waals surface area contributed by atoms with Gasteiger partial charge in [0.05, 0.1) is 17.2 Å². The molecule has 0 saturated heterocycles. The predicted molar refractivity (Wildman–Crippen MR) is 101 cm³/mol. The van der Waals surface area contributed by atoms with Crippen molar-refractivity contribution in [2.45, 2.75) is 25.2 Å². The maximum absolute atomic E-state index is 8.18. The molecule has 0 fully saturated rings. The minimum atomic E-state index is 0.0883. The number of ether oxygens (including phenoxy) is 2. The van der Waals surface area contributed by atoms with Gasteiger partial charge < -0.3 is 9.47 Å². The van der Waals surface area contributed by atoms with Crippen molar-refractivity contribution in [3.8, 4) is 5.75 Å². The maximum Gasteiger partial charge on any atom is 0.188 e. The number of rotatable bonds is 2. The molecule has 128 valence electrons. The zero-order valence-corrected chi connectivity index (χ0v) is 15.2. The first-order valence-electron chi connectivity index (χ1n) is 8.18. The molecule has 2 aliphatic rings. The van der Waals surface area contributed by atoms with E-state index in [0.29, 0.717) is 16.5 Å². The van der Waals surface area contributed by atoms with Gasteiger partial charge in [-0.1, -0.05) is 41.4 Å². The van der Waals surface area contributed by atoms with Crippen molar-refractivity contribution >= 4 is 34.9 Å². The number of benzene rings is 2. The van der Waals surface area contributed by atoms with E-state index < -0.39 is 0 Å². The molecule has 1 heterocycles. The molecule has 3 nitrogen and oxygen atoms in total. The summed E-state index contributed by atoms with van der Waals surface area (Å²) in [5, 5.41) is 9.26. The Morgan fingerprint density at radius 2 is 1.96 bits per heavy atom. The van der Waals surface area contributed by atoms with Crippen molar-refractivity contribution in [1.29, 1.82) is 5.41 Å². The topological polar surface area (TPSA) is 42.3 Å². The molecule has 0 amide bonds. The van der Waals surface area contributed by atoms with Gasteiger partial charge in [-0.2, -0.15) is 0 Å². The lowest BCUT2D eigenvalue weighted by Crippen LogP contribution is -2.23. The van der Waals surface area contributed by atoms with Gasteiger partial charge in [0.15, 0.2) is 5.90 Å². The molecular formula is C20H17Cl2NO2. The molecule has 1 unspecified atom stereocenters. The maximum atomic E-state index is 8.18. The average Bonchev–Trinajstić information content (AvgIpc) is 2.62. The fourth-order valence-corrected chi connectivity index (χ4v) is 4.05. The summed E-state index contributed by atoms with van der Waals surface area (Å²) in [5.41, 5.74) is 4.46. The Balaban J connectivity index is 1.85. The van der Waals surface area contributed by atoms with Crippen molar-refractivity contribution in [2.75, 3.05) is 7.11 Å². The summed E-state index contributed by atoms with van der Waals surface area (Å²) < 4.78 is 11.4. The van der Waals surface area contributed by atoms with Crippen LogP contribution in [-0.4, -0.2) is 13.0 Å². The molecule has 1 aliphatic carbocycles. The fourth-order valence-electron chi connectivity index (χ4n) is 3.75. The van der Waals surface area contributed by atoms with Crippen LogP contribution in [0.15, 0.2) is 42.0 Å². The summed E-state index contributed by atoms with van der Waals surface area (Å²) in [7, 11) is 1.68. The van der Waals surface area contributed by atoms with E-state index in [0.717, 1.165) is 41.0 Å². The van der Waals surface area contributed by atoms with Gasteiger partial charge in [0.25, 0.3) is 0 Å². The summed E-state index contributed by atoms with van der Waals surface area (Å²) in [6, 6.07) is 11.7. The Labute approximate surface area is 156 Å². The van der Waals surface area contributed by atoms with Gasteiger partial charge >= 0.3 is 0 Å². The Bertz CT molecular complexity index is 905. The van der Waals surface area contributed by atoms with E-state index in [4.69, 9.17) is 38.1 Å². The fraction of sp³-hybridized carbons (Fsp3) is 0.250. The molecule has 0 radical (unpaired) electrons. The van der Waals surface area contributed by atoms with Crippen LogP contribution in [0.25, 0.3) is 5.76 Å². The number of hydrogen-bond acceptors (Lipinski definition) is 3. The van der Waals surface area contributed by atoms with Gasteiger partial charge in [-0.15, -0.1) is 0 Å². The van der Waals surface area contributed by atoms with Crippen LogP contribution in [0.1, 0.15) is 35.4 Å². The van der Waals surface area contributed by atoms with Crippen molar-refractivity contribution in [3.63, 3.8) is 0 Å². The first-order valence-corrected chi connectivity index (χ1v) is 8.93. The zero-order valence-electron chi connectivity index (χ0n) is 13.7. The first-order chi connectivity index (χ1) is 12.1. The molecule has 0 spiro atoms. The highest BCUT2D eigenvalue weighted by atomic mass is 35.5. The summed E-state index contributed by atoms with van der Waals surface area (Å²) in [6.07, 6.45) is 2.31. The molecule has 1 N–H and O–H groups in total. The lowest BCUT2D eigenvalue weighted by molar-refractivity contribution is 0.403. The second-order valence-electron chi connectivity index (χ2n) is 6.30. The Morgan fingerprint density at radius 3 is 2.72 bits per heavy atom. The number of methoxy groups -OCH3 is 1. The van der Waals surface area contributed by atoms with Gasteiger partial charge in [-0.3, -0.25) is 5.41 Å². The van der Waals surface area contributed by atoms with Gasteiger partial charge in [0.1, 0.15) is 11.5 Å². The van der Waals surface area contributed by atoms with Crippen molar-refractivity contribution in [2.24, 2.45) is 0 Å². The first kappa shape index (κ1) is 16.5. The van der Waals surface area contributed by atoms with Crippen LogP contribution in [0, 0.1) is 5.41 Å². The van der Waals surface area contributed by atoms with Crippen molar-refractivity contribution in [3.05, 3.63) is 68.7 Å². The molecule has 1 atom stereocenters. The molecule has 0 aromatic heterocycles. The minimum Gasteiger partial charge on any atom is -0.496 e. The number of nitrogens with one attached hydrogen (secondary N) is 1. The highest BCUT2D eigenvalue weighted by molar-refractivity contribution is 6.42. The lowest BCUT2D eigenvalue weighted by atomic mass is 9.78. The lowest BCUT2D eigenvalue weighted by Gasteiger charge is -2.33. The number of halogens is 2. The molecule has 4 rings (SSSR count).